The number of carbonyl (C=O) groups is 1. The molecule has 4 atom stereocenters. The number of esters is 1. The van der Waals surface area contributed by atoms with Crippen LogP contribution in [-0.4, -0.2) is 54.8 Å². The van der Waals surface area contributed by atoms with Gasteiger partial charge in [0.1, 0.15) is 12.2 Å². The average Bonchev–Trinajstić information content (AvgIpc) is 2.52. The summed E-state index contributed by atoms with van der Waals surface area (Å²) in [6.45, 7) is 19.3. The van der Waals surface area contributed by atoms with E-state index in [2.05, 4.69) is 58.9 Å². The summed E-state index contributed by atoms with van der Waals surface area (Å²) in [4.78, 5) is 12.7. The van der Waals surface area contributed by atoms with E-state index in [9.17, 15) is 4.79 Å². The third-order valence-corrected chi connectivity index (χ3v) is 6.91. The molecule has 0 unspecified atom stereocenters. The molecule has 1 saturated heterocycles. The second kappa shape index (κ2) is 6.31. The molecular formula is C16H34O5Si3. The first kappa shape index (κ1) is 20.3. The van der Waals surface area contributed by atoms with Crippen LogP contribution in [0.15, 0.2) is 0 Å². The van der Waals surface area contributed by atoms with Gasteiger partial charge in [-0.05, 0) is 58.9 Å². The lowest BCUT2D eigenvalue weighted by Crippen LogP contribution is -2.58. The van der Waals surface area contributed by atoms with Gasteiger partial charge in [0.15, 0.2) is 30.6 Å². The second-order valence-electron chi connectivity index (χ2n) is 10.0. The molecule has 140 valence electrons. The van der Waals surface area contributed by atoms with Crippen LogP contribution in [0, 0.1) is 0 Å². The molecule has 1 aliphatic carbocycles. The summed E-state index contributed by atoms with van der Waals surface area (Å²) in [5.41, 5.74) is -0.835. The average molecular weight is 391 g/mol. The Hall–Kier alpha value is 0.000649. The fraction of sp³-hybridized carbons (Fsp3) is 0.938. The Labute approximate surface area is 149 Å². The Kier molecular flexibility index (Phi) is 5.34. The summed E-state index contributed by atoms with van der Waals surface area (Å²) in [5, 5.41) is 0. The molecule has 24 heavy (non-hydrogen) atoms. The molecule has 2 rings (SSSR count). The zero-order valence-electron chi connectivity index (χ0n) is 16.7. The minimum Gasteiger partial charge on any atom is -0.457 e. The van der Waals surface area contributed by atoms with Crippen molar-refractivity contribution in [3.8, 4) is 0 Å². The Bertz CT molecular complexity index is 491. The molecule has 1 heterocycles. The monoisotopic (exact) mass is 390 g/mol. The summed E-state index contributed by atoms with van der Waals surface area (Å²) >= 11 is 0. The fourth-order valence-electron chi connectivity index (χ4n) is 3.56. The van der Waals surface area contributed by atoms with E-state index < -0.39 is 30.6 Å². The van der Waals surface area contributed by atoms with Crippen LogP contribution >= 0.6 is 0 Å². The van der Waals surface area contributed by atoms with Crippen molar-refractivity contribution < 1.29 is 22.8 Å². The quantitative estimate of drug-likeness (QED) is 0.511. The van der Waals surface area contributed by atoms with Crippen LogP contribution < -0.4 is 0 Å². The molecule has 2 aliphatic rings. The van der Waals surface area contributed by atoms with E-state index in [4.69, 9.17) is 18.0 Å². The standard InChI is InChI=1S/C16H34O5Si3/c1-22(2,3)19-13-11-16(21-24(7,8)9)10-12(18-15(16)17)14(13)20-23(4,5)6/h12-14H,10-11H2,1-9H3/t12-,13-,14+,16-/m1/s1. The molecule has 0 spiro atoms. The normalized spacial score (nSPS) is 34.4. The summed E-state index contributed by atoms with van der Waals surface area (Å²) in [5.74, 6) is -0.222. The Balaban J connectivity index is 2.31. The Morgan fingerprint density at radius 1 is 0.875 bits per heavy atom. The number of rotatable bonds is 6. The maximum Gasteiger partial charge on any atom is 0.337 e. The molecule has 0 aromatic heterocycles. The first-order valence-corrected chi connectivity index (χ1v) is 19.1. The minimum absolute atomic E-state index is 0.134. The zero-order chi connectivity index (χ0) is 18.6. The van der Waals surface area contributed by atoms with Crippen LogP contribution in [0.4, 0.5) is 0 Å². The zero-order valence-corrected chi connectivity index (χ0v) is 19.7. The van der Waals surface area contributed by atoms with Gasteiger partial charge >= 0.3 is 5.97 Å². The van der Waals surface area contributed by atoms with E-state index in [1.807, 2.05) is 0 Å². The Morgan fingerprint density at radius 3 is 1.88 bits per heavy atom. The second-order valence-corrected chi connectivity index (χ2v) is 23.4. The molecule has 0 radical (unpaired) electrons. The third-order valence-electron chi connectivity index (χ3n) is 3.92. The van der Waals surface area contributed by atoms with Crippen molar-refractivity contribution in [2.75, 3.05) is 0 Å². The van der Waals surface area contributed by atoms with Crippen LogP contribution in [0.5, 0.6) is 0 Å². The lowest BCUT2D eigenvalue weighted by molar-refractivity contribution is -0.153. The van der Waals surface area contributed by atoms with E-state index in [1.54, 1.807) is 0 Å². The van der Waals surface area contributed by atoms with Gasteiger partial charge in [-0.2, -0.15) is 0 Å². The van der Waals surface area contributed by atoms with Gasteiger partial charge in [-0.15, -0.1) is 0 Å². The summed E-state index contributed by atoms with van der Waals surface area (Å²) in [6.07, 6.45) is 0.580. The molecule has 0 aromatic carbocycles. The van der Waals surface area contributed by atoms with Gasteiger partial charge in [0.2, 0.25) is 0 Å². The summed E-state index contributed by atoms with van der Waals surface area (Å²) in [6, 6.07) is 0. The van der Waals surface area contributed by atoms with E-state index in [-0.39, 0.29) is 24.3 Å². The highest BCUT2D eigenvalue weighted by atomic mass is 28.4. The number of hydrogen-bond donors (Lipinski definition) is 0. The highest BCUT2D eigenvalue weighted by Crippen LogP contribution is 2.45. The van der Waals surface area contributed by atoms with Crippen molar-refractivity contribution in [2.45, 2.75) is 95.7 Å². The van der Waals surface area contributed by atoms with Crippen molar-refractivity contribution in [3.63, 3.8) is 0 Å². The maximum absolute atomic E-state index is 12.7. The molecule has 2 bridgehead atoms. The van der Waals surface area contributed by atoms with Crippen molar-refractivity contribution in [1.29, 1.82) is 0 Å². The van der Waals surface area contributed by atoms with Gasteiger partial charge in [0.25, 0.3) is 0 Å². The molecular weight excluding hydrogens is 356 g/mol. The fourth-order valence-corrected chi connectivity index (χ4v) is 7.23. The van der Waals surface area contributed by atoms with Crippen molar-refractivity contribution >= 4 is 30.9 Å². The number of hydrogen-bond acceptors (Lipinski definition) is 5. The van der Waals surface area contributed by atoms with Crippen molar-refractivity contribution in [1.82, 2.24) is 0 Å². The number of fused-ring (bicyclic) bond motifs is 2. The van der Waals surface area contributed by atoms with Gasteiger partial charge in [0.05, 0.1) is 6.10 Å². The van der Waals surface area contributed by atoms with Gasteiger partial charge in [-0.25, -0.2) is 4.79 Å². The Morgan fingerprint density at radius 2 is 1.42 bits per heavy atom. The first-order valence-electron chi connectivity index (χ1n) is 8.87. The molecule has 8 heteroatoms. The summed E-state index contributed by atoms with van der Waals surface area (Å²) < 4.78 is 24.9. The largest absolute Gasteiger partial charge is 0.457 e. The lowest BCUT2D eigenvalue weighted by atomic mass is 9.82. The summed E-state index contributed by atoms with van der Waals surface area (Å²) in [7, 11) is -5.45. The van der Waals surface area contributed by atoms with Crippen molar-refractivity contribution in [3.05, 3.63) is 0 Å². The van der Waals surface area contributed by atoms with Crippen LogP contribution in [0.25, 0.3) is 0 Å². The van der Waals surface area contributed by atoms with Crippen LogP contribution in [0.2, 0.25) is 58.9 Å². The maximum atomic E-state index is 12.7. The predicted molar refractivity (Wildman–Crippen MR) is 103 cm³/mol. The van der Waals surface area contributed by atoms with Gasteiger partial charge in [-0.3, -0.25) is 0 Å². The van der Waals surface area contributed by atoms with Crippen molar-refractivity contribution in [2.24, 2.45) is 0 Å². The van der Waals surface area contributed by atoms with Gasteiger partial charge in [0, 0.05) is 12.8 Å². The smallest absolute Gasteiger partial charge is 0.337 e. The van der Waals surface area contributed by atoms with E-state index in [1.165, 1.54) is 0 Å². The highest BCUT2D eigenvalue weighted by Gasteiger charge is 2.61. The van der Waals surface area contributed by atoms with Gasteiger partial charge in [-0.1, -0.05) is 0 Å². The van der Waals surface area contributed by atoms with E-state index in [0.717, 1.165) is 0 Å². The number of carbonyl (C=O) groups excluding carboxylic acids is 1. The molecule has 1 aliphatic heterocycles. The SMILES string of the molecule is C[Si](C)(C)O[C@H]1[C@H]2C[C@@](O[Si](C)(C)C)(C[C@H]1O[Si](C)(C)C)C(=O)O2. The first-order chi connectivity index (χ1) is 10.6. The molecule has 0 amide bonds. The molecule has 2 fully saturated rings. The number of ether oxygens (including phenoxy) is 1. The third kappa shape index (κ3) is 5.01. The molecule has 1 saturated carbocycles. The molecule has 0 N–H and O–H groups in total. The predicted octanol–water partition coefficient (Wildman–Crippen LogP) is 3.74. The topological polar surface area (TPSA) is 54.0 Å². The van der Waals surface area contributed by atoms with E-state index >= 15 is 0 Å². The highest BCUT2D eigenvalue weighted by molar-refractivity contribution is 6.70. The molecule has 5 nitrogen and oxygen atoms in total. The van der Waals surface area contributed by atoms with E-state index in [0.29, 0.717) is 12.8 Å². The van der Waals surface area contributed by atoms with Gasteiger partial charge < -0.3 is 18.0 Å². The molecule has 0 aromatic rings. The lowest BCUT2D eigenvalue weighted by Gasteiger charge is -2.44. The minimum atomic E-state index is -1.89. The van der Waals surface area contributed by atoms with Crippen LogP contribution in [-0.2, 0) is 22.8 Å². The van der Waals surface area contributed by atoms with Crippen LogP contribution in [0.1, 0.15) is 12.8 Å². The van der Waals surface area contributed by atoms with Crippen LogP contribution in [0.3, 0.4) is 0 Å².